The highest BCUT2D eigenvalue weighted by molar-refractivity contribution is 6.30. The van der Waals surface area contributed by atoms with Crippen molar-refractivity contribution in [3.8, 4) is 6.07 Å². The largest absolute Gasteiger partial charge is 0.472 e. The van der Waals surface area contributed by atoms with Crippen LogP contribution < -0.4 is 10.6 Å². The molecular formula is C16H14ClN3O3. The van der Waals surface area contributed by atoms with Gasteiger partial charge in [-0.05, 0) is 30.7 Å². The van der Waals surface area contributed by atoms with Crippen LogP contribution in [0.15, 0.2) is 47.3 Å². The molecule has 0 fully saturated rings. The number of hydrogen-bond acceptors (Lipinski definition) is 4. The molecule has 0 aliphatic rings. The lowest BCUT2D eigenvalue weighted by Gasteiger charge is -2.17. The van der Waals surface area contributed by atoms with Crippen molar-refractivity contribution in [1.82, 2.24) is 10.6 Å². The van der Waals surface area contributed by atoms with Gasteiger partial charge in [0.1, 0.15) is 18.3 Å². The van der Waals surface area contributed by atoms with Crippen molar-refractivity contribution in [3.63, 3.8) is 0 Å². The number of nitriles is 1. The lowest BCUT2D eigenvalue weighted by molar-refractivity contribution is -0.123. The summed E-state index contributed by atoms with van der Waals surface area (Å²) in [4.78, 5) is 24.0. The zero-order valence-corrected chi connectivity index (χ0v) is 13.0. The summed E-state index contributed by atoms with van der Waals surface area (Å²) in [6, 6.07) is 8.48. The molecule has 0 aliphatic carbocycles. The van der Waals surface area contributed by atoms with Crippen LogP contribution in [0.5, 0.6) is 0 Å². The molecule has 0 unspecified atom stereocenters. The van der Waals surface area contributed by atoms with E-state index in [1.165, 1.54) is 25.5 Å². The van der Waals surface area contributed by atoms with Gasteiger partial charge in [-0.1, -0.05) is 23.7 Å². The molecule has 2 aromatic rings. The van der Waals surface area contributed by atoms with Crippen molar-refractivity contribution in [3.05, 3.63) is 59.0 Å². The zero-order chi connectivity index (χ0) is 16.8. The Morgan fingerprint density at radius 2 is 2.09 bits per heavy atom. The van der Waals surface area contributed by atoms with Crippen molar-refractivity contribution in [2.75, 3.05) is 0 Å². The Morgan fingerprint density at radius 3 is 2.70 bits per heavy atom. The molecule has 0 saturated heterocycles. The molecule has 2 N–H and O–H groups in total. The van der Waals surface area contributed by atoms with Crippen LogP contribution in [0.25, 0.3) is 0 Å². The number of amides is 2. The molecule has 2 amide bonds. The van der Waals surface area contributed by atoms with Crippen LogP contribution in [0, 0.1) is 11.3 Å². The monoisotopic (exact) mass is 331 g/mol. The summed E-state index contributed by atoms with van der Waals surface area (Å²) in [6.07, 6.45) is 2.65. The topological polar surface area (TPSA) is 95.1 Å². The summed E-state index contributed by atoms with van der Waals surface area (Å²) in [7, 11) is 0. The Kier molecular flexibility index (Phi) is 5.39. The van der Waals surface area contributed by atoms with Crippen molar-refractivity contribution in [1.29, 1.82) is 5.26 Å². The van der Waals surface area contributed by atoms with Crippen LogP contribution in [-0.2, 0) is 4.79 Å². The highest BCUT2D eigenvalue weighted by atomic mass is 35.5. The van der Waals surface area contributed by atoms with Gasteiger partial charge in [-0.15, -0.1) is 0 Å². The lowest BCUT2D eigenvalue weighted by Crippen LogP contribution is -2.45. The Labute approximate surface area is 138 Å². The molecule has 118 valence electrons. The van der Waals surface area contributed by atoms with Crippen LogP contribution in [0.3, 0.4) is 0 Å². The first-order valence-corrected chi connectivity index (χ1v) is 7.17. The van der Waals surface area contributed by atoms with Gasteiger partial charge in [-0.25, -0.2) is 0 Å². The van der Waals surface area contributed by atoms with Crippen LogP contribution in [0.2, 0.25) is 5.02 Å². The van der Waals surface area contributed by atoms with E-state index in [-0.39, 0.29) is 0 Å². The van der Waals surface area contributed by atoms with E-state index >= 15 is 0 Å². The first-order valence-electron chi connectivity index (χ1n) is 6.80. The van der Waals surface area contributed by atoms with E-state index in [9.17, 15) is 14.9 Å². The predicted molar refractivity (Wildman–Crippen MR) is 83.6 cm³/mol. The first kappa shape index (κ1) is 16.6. The first-order chi connectivity index (χ1) is 11.0. The molecule has 0 radical (unpaired) electrons. The summed E-state index contributed by atoms with van der Waals surface area (Å²) in [5.41, 5.74) is 0.887. The highest BCUT2D eigenvalue weighted by Crippen LogP contribution is 2.17. The fourth-order valence-electron chi connectivity index (χ4n) is 1.88. The van der Waals surface area contributed by atoms with Crippen molar-refractivity contribution < 1.29 is 14.0 Å². The second-order valence-corrected chi connectivity index (χ2v) is 5.27. The number of rotatable bonds is 5. The average Bonchev–Trinajstić information content (AvgIpc) is 3.06. The summed E-state index contributed by atoms with van der Waals surface area (Å²) in [5, 5.41) is 14.8. The molecule has 2 atom stereocenters. The highest BCUT2D eigenvalue weighted by Gasteiger charge is 2.21. The van der Waals surface area contributed by atoms with E-state index in [0.717, 1.165) is 0 Å². The maximum Gasteiger partial charge on any atom is 0.255 e. The normalized spacial score (nSPS) is 12.7. The third-order valence-electron chi connectivity index (χ3n) is 3.12. The Balaban J connectivity index is 1.99. The molecular weight excluding hydrogens is 318 g/mol. The van der Waals surface area contributed by atoms with Gasteiger partial charge < -0.3 is 15.1 Å². The number of carbonyl (C=O) groups is 2. The Bertz CT molecular complexity index is 737. The Hall–Kier alpha value is -2.78. The third-order valence-corrected chi connectivity index (χ3v) is 3.36. The standard InChI is InChI=1S/C16H14ClN3O3/c1-10(19-16(22)12-5-6-23-9-12)15(21)20-14(8-18)11-3-2-4-13(17)7-11/h2-7,9-10,14H,1H3,(H,19,22)(H,20,21)/t10-,14-/m0/s1. The summed E-state index contributed by atoms with van der Waals surface area (Å²) >= 11 is 5.88. The van der Waals surface area contributed by atoms with Gasteiger partial charge >= 0.3 is 0 Å². The predicted octanol–water partition coefficient (Wildman–Crippen LogP) is 2.43. The molecule has 1 aromatic heterocycles. The zero-order valence-electron chi connectivity index (χ0n) is 12.2. The number of furan rings is 1. The van der Waals surface area contributed by atoms with Gasteiger partial charge in [-0.3, -0.25) is 9.59 Å². The maximum absolute atomic E-state index is 12.1. The van der Waals surface area contributed by atoms with E-state index in [0.29, 0.717) is 16.1 Å². The van der Waals surface area contributed by atoms with Crippen molar-refractivity contribution in [2.45, 2.75) is 19.0 Å². The molecule has 7 heteroatoms. The molecule has 2 rings (SSSR count). The number of halogens is 1. The van der Waals surface area contributed by atoms with E-state index in [2.05, 4.69) is 10.6 Å². The molecule has 0 aliphatic heterocycles. The minimum Gasteiger partial charge on any atom is -0.472 e. The van der Waals surface area contributed by atoms with Crippen molar-refractivity contribution in [2.24, 2.45) is 0 Å². The third kappa shape index (κ3) is 4.34. The van der Waals surface area contributed by atoms with E-state index < -0.39 is 23.9 Å². The molecule has 0 saturated carbocycles. The number of nitrogens with zero attached hydrogens (tertiary/aromatic N) is 1. The molecule has 1 heterocycles. The van der Waals surface area contributed by atoms with Gasteiger partial charge in [0.15, 0.2) is 0 Å². The van der Waals surface area contributed by atoms with Crippen LogP contribution >= 0.6 is 11.6 Å². The maximum atomic E-state index is 12.1. The number of nitrogens with one attached hydrogen (secondary N) is 2. The average molecular weight is 332 g/mol. The van der Waals surface area contributed by atoms with Crippen LogP contribution in [0.4, 0.5) is 0 Å². The number of hydrogen-bond donors (Lipinski definition) is 2. The smallest absolute Gasteiger partial charge is 0.255 e. The van der Waals surface area contributed by atoms with Gasteiger partial charge in [-0.2, -0.15) is 5.26 Å². The lowest BCUT2D eigenvalue weighted by atomic mass is 10.1. The molecule has 6 nitrogen and oxygen atoms in total. The second kappa shape index (κ2) is 7.47. The molecule has 0 bridgehead atoms. The summed E-state index contributed by atoms with van der Waals surface area (Å²) < 4.78 is 4.81. The summed E-state index contributed by atoms with van der Waals surface area (Å²) in [6.45, 7) is 1.53. The quantitative estimate of drug-likeness (QED) is 0.879. The fraction of sp³-hybridized carbons (Fsp3) is 0.188. The second-order valence-electron chi connectivity index (χ2n) is 4.83. The van der Waals surface area contributed by atoms with E-state index in [1.807, 2.05) is 6.07 Å². The molecule has 23 heavy (non-hydrogen) atoms. The minimum atomic E-state index is -0.852. The molecule has 1 aromatic carbocycles. The van der Waals surface area contributed by atoms with Crippen molar-refractivity contribution >= 4 is 23.4 Å². The van der Waals surface area contributed by atoms with E-state index in [4.69, 9.17) is 16.0 Å². The summed E-state index contributed by atoms with van der Waals surface area (Å²) in [5.74, 6) is -0.911. The van der Waals surface area contributed by atoms with Gasteiger partial charge in [0.05, 0.1) is 17.9 Å². The minimum absolute atomic E-state index is 0.316. The molecule has 0 spiro atoms. The van der Waals surface area contributed by atoms with Gasteiger partial charge in [0, 0.05) is 5.02 Å². The number of benzene rings is 1. The van der Waals surface area contributed by atoms with Crippen LogP contribution in [0.1, 0.15) is 28.9 Å². The number of carbonyl (C=O) groups excluding carboxylic acids is 2. The SMILES string of the molecule is C[C@H](NC(=O)c1ccoc1)C(=O)N[C@@H](C#N)c1cccc(Cl)c1. The van der Waals surface area contributed by atoms with Gasteiger partial charge in [0.25, 0.3) is 5.91 Å². The Morgan fingerprint density at radius 1 is 1.30 bits per heavy atom. The van der Waals surface area contributed by atoms with Crippen LogP contribution in [-0.4, -0.2) is 17.9 Å². The van der Waals surface area contributed by atoms with Gasteiger partial charge in [0.2, 0.25) is 5.91 Å². The fourth-order valence-corrected chi connectivity index (χ4v) is 2.08. The van der Waals surface area contributed by atoms with E-state index in [1.54, 1.807) is 24.3 Å².